The Balaban J connectivity index is 1.64. The number of aromatic nitrogens is 5. The summed E-state index contributed by atoms with van der Waals surface area (Å²) in [6, 6.07) is 11.5. The molecule has 0 N–H and O–H groups in total. The fraction of sp³-hybridized carbons (Fsp3) is 0.280. The molecule has 0 saturated carbocycles. The monoisotopic (exact) mass is 440 g/mol. The number of carbonyl (C=O) groups excluding carboxylic acids is 2. The number of carbonyl (C=O) groups is 2. The third kappa shape index (κ3) is 3.57. The van der Waals surface area contributed by atoms with Crippen LogP contribution in [-0.2, 0) is 6.54 Å². The molecule has 3 aromatic heterocycles. The van der Waals surface area contributed by atoms with Gasteiger partial charge in [0.05, 0.1) is 5.52 Å². The molecule has 0 atom stereocenters. The summed E-state index contributed by atoms with van der Waals surface area (Å²) in [4.78, 5) is 27.2. The summed E-state index contributed by atoms with van der Waals surface area (Å²) >= 11 is 0. The molecule has 0 spiro atoms. The lowest BCUT2D eigenvalue weighted by Crippen LogP contribution is -2.26. The fourth-order valence-electron chi connectivity index (χ4n) is 4.36. The van der Waals surface area contributed by atoms with E-state index >= 15 is 0 Å². The van der Waals surface area contributed by atoms with Crippen molar-refractivity contribution in [1.29, 1.82) is 0 Å². The average Bonchev–Trinajstić information content (AvgIpc) is 3.31. The molecule has 0 bridgehead atoms. The zero-order chi connectivity index (χ0) is 23.1. The summed E-state index contributed by atoms with van der Waals surface area (Å²) in [5, 5.41) is 16.2. The van der Waals surface area contributed by atoms with Gasteiger partial charge in [-0.1, -0.05) is 37.6 Å². The minimum atomic E-state index is -0.00687. The summed E-state index contributed by atoms with van der Waals surface area (Å²) in [5.74, 6) is 1.01. The van der Waals surface area contributed by atoms with E-state index in [0.29, 0.717) is 29.5 Å². The summed E-state index contributed by atoms with van der Waals surface area (Å²) in [6.45, 7) is 6.72. The van der Waals surface area contributed by atoms with E-state index in [-0.39, 0.29) is 11.7 Å². The van der Waals surface area contributed by atoms with Crippen molar-refractivity contribution >= 4 is 17.2 Å². The summed E-state index contributed by atoms with van der Waals surface area (Å²) in [7, 11) is 0. The van der Waals surface area contributed by atoms with Crippen molar-refractivity contribution in [3.05, 3.63) is 65.2 Å². The van der Waals surface area contributed by atoms with Gasteiger partial charge < -0.3 is 9.30 Å². The van der Waals surface area contributed by atoms with E-state index in [1.165, 1.54) is 0 Å². The van der Waals surface area contributed by atoms with Crippen LogP contribution in [0.3, 0.4) is 0 Å². The van der Waals surface area contributed by atoms with Gasteiger partial charge in [-0.15, -0.1) is 20.4 Å². The van der Waals surface area contributed by atoms with Crippen molar-refractivity contribution in [2.75, 3.05) is 6.54 Å². The van der Waals surface area contributed by atoms with Crippen LogP contribution in [0.2, 0.25) is 0 Å². The Bertz CT molecular complexity index is 1370. The van der Waals surface area contributed by atoms with Crippen LogP contribution in [0.25, 0.3) is 28.0 Å². The van der Waals surface area contributed by atoms with E-state index in [9.17, 15) is 9.59 Å². The topological polar surface area (TPSA) is 93.3 Å². The first kappa shape index (κ1) is 20.9. The second kappa shape index (κ2) is 8.20. The predicted octanol–water partition coefficient (Wildman–Crippen LogP) is 4.12. The molecule has 0 saturated heterocycles. The Kier molecular flexibility index (Phi) is 5.20. The SMILES string of the molecule is CCCCN1Cc2c(-c3ccc(-c4nnc(C)nn4)cc3)c3cc(C(C)=O)ccn3c2C1=O. The van der Waals surface area contributed by atoms with Gasteiger partial charge in [0.1, 0.15) is 5.69 Å². The van der Waals surface area contributed by atoms with Gasteiger partial charge in [-0.25, -0.2) is 0 Å². The molecule has 33 heavy (non-hydrogen) atoms. The first-order valence-corrected chi connectivity index (χ1v) is 11.1. The van der Waals surface area contributed by atoms with Gasteiger partial charge in [-0.05, 0) is 38.0 Å². The number of hydrogen-bond donors (Lipinski definition) is 0. The van der Waals surface area contributed by atoms with Crippen molar-refractivity contribution < 1.29 is 9.59 Å². The van der Waals surface area contributed by atoms with Crippen LogP contribution in [0.5, 0.6) is 0 Å². The standard InChI is InChI=1S/C25H24N6O2/c1-4-5-11-30-14-20-22(17-6-8-18(9-7-17)24-28-26-16(3)27-29-24)21-13-19(15(2)32)10-12-31(21)23(20)25(30)33/h6-10,12-13H,4-5,11,14H2,1-3H3. The molecule has 1 aliphatic heterocycles. The molecule has 8 nitrogen and oxygen atoms in total. The molecular formula is C25H24N6O2. The number of nitrogens with zero attached hydrogens (tertiary/aromatic N) is 6. The number of rotatable bonds is 6. The summed E-state index contributed by atoms with van der Waals surface area (Å²) in [6.07, 6.45) is 3.83. The highest BCUT2D eigenvalue weighted by molar-refractivity contribution is 6.05. The van der Waals surface area contributed by atoms with Crippen molar-refractivity contribution in [3.63, 3.8) is 0 Å². The molecule has 5 rings (SSSR count). The zero-order valence-corrected chi connectivity index (χ0v) is 18.9. The predicted molar refractivity (Wildman–Crippen MR) is 124 cm³/mol. The fourth-order valence-corrected chi connectivity index (χ4v) is 4.36. The number of fused-ring (bicyclic) bond motifs is 3. The lowest BCUT2D eigenvalue weighted by atomic mass is 9.99. The lowest BCUT2D eigenvalue weighted by molar-refractivity contribution is 0.0770. The van der Waals surface area contributed by atoms with Crippen LogP contribution in [0, 0.1) is 6.92 Å². The smallest absolute Gasteiger partial charge is 0.271 e. The Morgan fingerprint density at radius 3 is 2.39 bits per heavy atom. The second-order valence-electron chi connectivity index (χ2n) is 8.36. The van der Waals surface area contributed by atoms with Crippen LogP contribution < -0.4 is 0 Å². The minimum Gasteiger partial charge on any atom is -0.333 e. The third-order valence-electron chi connectivity index (χ3n) is 6.08. The Morgan fingerprint density at radius 1 is 1.03 bits per heavy atom. The Labute approximate surface area is 191 Å². The molecule has 1 aliphatic rings. The third-order valence-corrected chi connectivity index (χ3v) is 6.08. The molecule has 166 valence electrons. The molecule has 0 radical (unpaired) electrons. The second-order valence-corrected chi connectivity index (χ2v) is 8.36. The van der Waals surface area contributed by atoms with Crippen LogP contribution in [0.15, 0.2) is 42.6 Å². The van der Waals surface area contributed by atoms with Gasteiger partial charge in [-0.3, -0.25) is 9.59 Å². The van der Waals surface area contributed by atoms with Crippen molar-refractivity contribution in [2.45, 2.75) is 40.2 Å². The van der Waals surface area contributed by atoms with E-state index < -0.39 is 0 Å². The van der Waals surface area contributed by atoms with Gasteiger partial charge >= 0.3 is 0 Å². The first-order chi connectivity index (χ1) is 16.0. The molecule has 8 heteroatoms. The quantitative estimate of drug-likeness (QED) is 0.419. The van der Waals surface area contributed by atoms with Crippen LogP contribution in [-0.4, -0.2) is 47.9 Å². The van der Waals surface area contributed by atoms with Gasteiger partial charge in [0, 0.05) is 41.5 Å². The van der Waals surface area contributed by atoms with Gasteiger partial charge in [-0.2, -0.15) is 0 Å². The van der Waals surface area contributed by atoms with E-state index in [1.807, 2.05) is 45.8 Å². The first-order valence-electron chi connectivity index (χ1n) is 11.1. The number of pyridine rings is 1. The Morgan fingerprint density at radius 2 is 1.73 bits per heavy atom. The van der Waals surface area contributed by atoms with Crippen LogP contribution in [0.4, 0.5) is 0 Å². The number of ketones is 1. The molecular weight excluding hydrogens is 416 g/mol. The van der Waals surface area contributed by atoms with Crippen LogP contribution in [0.1, 0.15) is 58.9 Å². The van der Waals surface area contributed by atoms with Crippen molar-refractivity contribution in [2.24, 2.45) is 0 Å². The molecule has 0 aliphatic carbocycles. The van der Waals surface area contributed by atoms with Crippen LogP contribution >= 0.6 is 0 Å². The van der Waals surface area contributed by atoms with Crippen molar-refractivity contribution in [1.82, 2.24) is 29.7 Å². The molecule has 1 aromatic carbocycles. The highest BCUT2D eigenvalue weighted by Gasteiger charge is 2.34. The maximum absolute atomic E-state index is 13.3. The number of Topliss-reactive ketones (excluding diaryl/α,β-unsaturated/α-hetero) is 1. The average molecular weight is 441 g/mol. The summed E-state index contributed by atoms with van der Waals surface area (Å²) in [5.41, 5.74) is 5.93. The normalized spacial score (nSPS) is 13.1. The highest BCUT2D eigenvalue weighted by Crippen LogP contribution is 2.39. The number of benzene rings is 1. The maximum Gasteiger partial charge on any atom is 0.271 e. The van der Waals surface area contributed by atoms with E-state index in [2.05, 4.69) is 27.3 Å². The van der Waals surface area contributed by atoms with E-state index in [0.717, 1.165) is 47.2 Å². The molecule has 4 aromatic rings. The van der Waals surface area contributed by atoms with E-state index in [4.69, 9.17) is 0 Å². The van der Waals surface area contributed by atoms with E-state index in [1.54, 1.807) is 19.9 Å². The maximum atomic E-state index is 13.3. The largest absolute Gasteiger partial charge is 0.333 e. The highest BCUT2D eigenvalue weighted by atomic mass is 16.2. The number of hydrogen-bond acceptors (Lipinski definition) is 6. The number of amides is 1. The minimum absolute atomic E-state index is 0.00687. The van der Waals surface area contributed by atoms with Crippen molar-refractivity contribution in [3.8, 4) is 22.5 Å². The molecule has 0 fully saturated rings. The lowest BCUT2D eigenvalue weighted by Gasteiger charge is -2.16. The van der Waals surface area contributed by atoms with Gasteiger partial charge in [0.2, 0.25) is 5.82 Å². The molecule has 4 heterocycles. The Hall–Kier alpha value is -3.94. The molecule has 1 amide bonds. The summed E-state index contributed by atoms with van der Waals surface area (Å²) < 4.78 is 1.93. The zero-order valence-electron chi connectivity index (χ0n) is 18.9. The number of aryl methyl sites for hydroxylation is 1. The van der Waals surface area contributed by atoms with Gasteiger partial charge in [0.25, 0.3) is 5.91 Å². The molecule has 0 unspecified atom stereocenters. The number of unbranched alkanes of at least 4 members (excludes halogenated alkanes) is 1. The van der Waals surface area contributed by atoms with Gasteiger partial charge in [0.15, 0.2) is 11.6 Å².